The SMILES string of the molecule is CCCCC(=O)Nc1cc(C)cc(-c2cnc3n[nH]c(-c4cc5c(-c6cccnc6)cncc5[nH]4)c3c2)c1. The van der Waals surface area contributed by atoms with Crippen molar-refractivity contribution in [3.05, 3.63) is 79.0 Å². The van der Waals surface area contributed by atoms with Gasteiger partial charge in [0.25, 0.3) is 0 Å². The van der Waals surface area contributed by atoms with Crippen molar-refractivity contribution in [3.8, 4) is 33.6 Å². The number of aromatic amines is 2. The molecular weight excluding hydrogens is 474 g/mol. The summed E-state index contributed by atoms with van der Waals surface area (Å²) in [7, 11) is 0. The fraction of sp³-hybridized carbons (Fsp3) is 0.167. The number of amides is 1. The Kier molecular flexibility index (Phi) is 6.13. The van der Waals surface area contributed by atoms with Crippen LogP contribution >= 0.6 is 0 Å². The highest BCUT2D eigenvalue weighted by Crippen LogP contribution is 2.34. The Balaban J connectivity index is 1.39. The maximum absolute atomic E-state index is 12.3. The first-order valence-corrected chi connectivity index (χ1v) is 12.7. The van der Waals surface area contributed by atoms with Crippen LogP contribution in [0.15, 0.2) is 73.4 Å². The Bertz CT molecular complexity index is 1770. The molecule has 38 heavy (non-hydrogen) atoms. The van der Waals surface area contributed by atoms with Gasteiger partial charge in [-0.05, 0) is 54.8 Å². The number of rotatable bonds is 7. The Morgan fingerprint density at radius 2 is 1.87 bits per heavy atom. The number of carbonyl (C=O) groups is 1. The quantitative estimate of drug-likeness (QED) is 0.226. The Hall–Kier alpha value is -4.85. The monoisotopic (exact) mass is 501 g/mol. The molecule has 188 valence electrons. The first kappa shape index (κ1) is 23.5. The van der Waals surface area contributed by atoms with Gasteiger partial charge in [-0.15, -0.1) is 0 Å². The molecule has 5 aromatic heterocycles. The third-order valence-electron chi connectivity index (χ3n) is 6.65. The van der Waals surface area contributed by atoms with E-state index in [4.69, 9.17) is 0 Å². The maximum atomic E-state index is 12.3. The summed E-state index contributed by atoms with van der Waals surface area (Å²) in [4.78, 5) is 29.1. The predicted molar refractivity (Wildman–Crippen MR) is 151 cm³/mol. The van der Waals surface area contributed by atoms with Crippen molar-refractivity contribution in [3.63, 3.8) is 0 Å². The van der Waals surface area contributed by atoms with Crippen molar-refractivity contribution in [2.75, 3.05) is 5.32 Å². The molecule has 0 saturated heterocycles. The molecule has 0 saturated carbocycles. The van der Waals surface area contributed by atoms with Crippen molar-refractivity contribution < 1.29 is 4.79 Å². The number of H-pyrrole nitrogens is 2. The number of anilines is 1. The van der Waals surface area contributed by atoms with Crippen molar-refractivity contribution in [2.24, 2.45) is 0 Å². The van der Waals surface area contributed by atoms with Gasteiger partial charge >= 0.3 is 0 Å². The van der Waals surface area contributed by atoms with E-state index in [1.54, 1.807) is 6.20 Å². The van der Waals surface area contributed by atoms with Crippen LogP contribution in [0.5, 0.6) is 0 Å². The van der Waals surface area contributed by atoms with Crippen LogP contribution in [0.3, 0.4) is 0 Å². The van der Waals surface area contributed by atoms with E-state index in [0.29, 0.717) is 12.1 Å². The lowest BCUT2D eigenvalue weighted by atomic mass is 10.0. The second kappa shape index (κ2) is 9.89. The van der Waals surface area contributed by atoms with Gasteiger partial charge in [-0.1, -0.05) is 25.5 Å². The van der Waals surface area contributed by atoms with Gasteiger partial charge in [-0.3, -0.25) is 19.9 Å². The number of unbranched alkanes of at least 4 members (excludes halogenated alkanes) is 1. The second-order valence-electron chi connectivity index (χ2n) is 9.51. The number of fused-ring (bicyclic) bond motifs is 2. The van der Waals surface area contributed by atoms with Gasteiger partial charge in [0.2, 0.25) is 5.91 Å². The Labute approximate surface area is 219 Å². The number of aromatic nitrogens is 6. The average molecular weight is 502 g/mol. The van der Waals surface area contributed by atoms with Crippen LogP contribution in [0.4, 0.5) is 5.69 Å². The summed E-state index contributed by atoms with van der Waals surface area (Å²) in [6.07, 6.45) is 11.5. The van der Waals surface area contributed by atoms with Gasteiger partial charge in [-0.2, -0.15) is 5.10 Å². The lowest BCUT2D eigenvalue weighted by Crippen LogP contribution is -2.11. The van der Waals surface area contributed by atoms with Crippen LogP contribution in [0.2, 0.25) is 0 Å². The third-order valence-corrected chi connectivity index (χ3v) is 6.65. The normalized spacial score (nSPS) is 11.3. The average Bonchev–Trinajstić information content (AvgIpc) is 3.55. The van der Waals surface area contributed by atoms with E-state index in [-0.39, 0.29) is 5.91 Å². The number of aryl methyl sites for hydroxylation is 1. The van der Waals surface area contributed by atoms with Gasteiger partial charge in [0.05, 0.1) is 23.1 Å². The number of nitrogens with zero attached hydrogens (tertiary/aromatic N) is 4. The second-order valence-corrected chi connectivity index (χ2v) is 9.51. The summed E-state index contributed by atoms with van der Waals surface area (Å²) in [6, 6.07) is 14.2. The van der Waals surface area contributed by atoms with Crippen molar-refractivity contribution in [2.45, 2.75) is 33.1 Å². The molecule has 0 radical (unpaired) electrons. The Morgan fingerprint density at radius 1 is 0.947 bits per heavy atom. The first-order chi connectivity index (χ1) is 18.6. The molecule has 0 atom stereocenters. The van der Waals surface area contributed by atoms with E-state index in [0.717, 1.165) is 74.0 Å². The zero-order valence-electron chi connectivity index (χ0n) is 21.2. The van der Waals surface area contributed by atoms with E-state index < -0.39 is 0 Å². The van der Waals surface area contributed by atoms with Crippen LogP contribution in [0.1, 0.15) is 31.7 Å². The summed E-state index contributed by atoms with van der Waals surface area (Å²) >= 11 is 0. The van der Waals surface area contributed by atoms with Crippen LogP contribution in [-0.4, -0.2) is 36.0 Å². The van der Waals surface area contributed by atoms with E-state index >= 15 is 0 Å². The number of carbonyl (C=O) groups excluding carboxylic acids is 1. The van der Waals surface area contributed by atoms with E-state index in [1.807, 2.05) is 56.0 Å². The molecule has 3 N–H and O–H groups in total. The largest absolute Gasteiger partial charge is 0.352 e. The molecule has 6 aromatic rings. The molecule has 8 heteroatoms. The Morgan fingerprint density at radius 3 is 2.71 bits per heavy atom. The smallest absolute Gasteiger partial charge is 0.224 e. The van der Waals surface area contributed by atoms with E-state index in [2.05, 4.69) is 60.6 Å². The minimum atomic E-state index is 0.0352. The molecule has 8 nitrogen and oxygen atoms in total. The predicted octanol–water partition coefficient (Wildman–Crippen LogP) is 6.67. The maximum Gasteiger partial charge on any atom is 0.224 e. The van der Waals surface area contributed by atoms with E-state index in [1.165, 1.54) is 0 Å². The number of hydrogen-bond donors (Lipinski definition) is 3. The molecule has 0 unspecified atom stereocenters. The molecule has 0 spiro atoms. The zero-order valence-corrected chi connectivity index (χ0v) is 21.2. The highest BCUT2D eigenvalue weighted by molar-refractivity contribution is 6.00. The number of hydrogen-bond acceptors (Lipinski definition) is 5. The zero-order chi connectivity index (χ0) is 26.1. The molecular formula is C30H27N7O. The summed E-state index contributed by atoms with van der Waals surface area (Å²) < 4.78 is 0. The number of benzene rings is 1. The minimum Gasteiger partial charge on any atom is -0.352 e. The summed E-state index contributed by atoms with van der Waals surface area (Å²) in [5.41, 5.74) is 9.10. The summed E-state index contributed by atoms with van der Waals surface area (Å²) in [5, 5.41) is 12.6. The van der Waals surface area contributed by atoms with Gasteiger partial charge in [0.1, 0.15) is 0 Å². The lowest BCUT2D eigenvalue weighted by molar-refractivity contribution is -0.116. The fourth-order valence-electron chi connectivity index (χ4n) is 4.78. The van der Waals surface area contributed by atoms with Gasteiger partial charge in [0.15, 0.2) is 5.65 Å². The standard InChI is InChI=1S/C30H27N7O/c1-3-4-7-28(38)34-22-10-18(2)9-20(11-22)21-12-24-29(36-37-30(24)33-15-21)26-13-23-25(16-32-17-27(23)35-26)19-6-5-8-31-14-19/h5-6,8-17,35H,3-4,7H2,1-2H3,(H,34,38)(H,33,36,37). The molecule has 0 aliphatic rings. The fourth-order valence-corrected chi connectivity index (χ4v) is 4.78. The highest BCUT2D eigenvalue weighted by atomic mass is 16.1. The van der Waals surface area contributed by atoms with Crippen molar-refractivity contribution >= 4 is 33.5 Å². The van der Waals surface area contributed by atoms with E-state index in [9.17, 15) is 4.79 Å². The molecule has 5 heterocycles. The van der Waals surface area contributed by atoms with Gasteiger partial charge in [0, 0.05) is 64.4 Å². The number of pyridine rings is 3. The van der Waals surface area contributed by atoms with Crippen LogP contribution in [-0.2, 0) is 4.79 Å². The molecule has 1 aromatic carbocycles. The molecule has 0 aliphatic heterocycles. The van der Waals surface area contributed by atoms with Crippen LogP contribution < -0.4 is 5.32 Å². The molecule has 0 bridgehead atoms. The molecule has 1 amide bonds. The van der Waals surface area contributed by atoms with Gasteiger partial charge in [-0.25, -0.2) is 4.98 Å². The first-order valence-electron chi connectivity index (χ1n) is 12.7. The number of nitrogens with one attached hydrogen (secondary N) is 3. The van der Waals surface area contributed by atoms with Crippen LogP contribution in [0.25, 0.3) is 55.6 Å². The third kappa shape index (κ3) is 4.52. The minimum absolute atomic E-state index is 0.0352. The summed E-state index contributed by atoms with van der Waals surface area (Å²) in [5.74, 6) is 0.0352. The van der Waals surface area contributed by atoms with Gasteiger partial charge < -0.3 is 10.3 Å². The molecule has 0 aliphatic carbocycles. The van der Waals surface area contributed by atoms with Crippen molar-refractivity contribution in [1.29, 1.82) is 0 Å². The molecule has 6 rings (SSSR count). The lowest BCUT2D eigenvalue weighted by Gasteiger charge is -2.10. The van der Waals surface area contributed by atoms with Crippen LogP contribution in [0, 0.1) is 6.92 Å². The summed E-state index contributed by atoms with van der Waals surface area (Å²) in [6.45, 7) is 4.11. The van der Waals surface area contributed by atoms with Crippen molar-refractivity contribution in [1.82, 2.24) is 30.1 Å². The highest BCUT2D eigenvalue weighted by Gasteiger charge is 2.15. The topological polar surface area (TPSA) is 112 Å². The molecule has 0 fully saturated rings.